The summed E-state index contributed by atoms with van der Waals surface area (Å²) in [6.07, 6.45) is 8.75. The average Bonchev–Trinajstić information content (AvgIpc) is 3.12. The minimum atomic E-state index is -0.00764. The molecule has 17 heavy (non-hydrogen) atoms. The molecular formula is C13H19N3O. The van der Waals surface area contributed by atoms with Gasteiger partial charge < -0.3 is 10.5 Å². The topological polar surface area (TPSA) is 61.0 Å². The van der Waals surface area contributed by atoms with E-state index in [1.165, 1.54) is 25.7 Å². The zero-order valence-electron chi connectivity index (χ0n) is 10.2. The van der Waals surface area contributed by atoms with Crippen LogP contribution in [-0.4, -0.2) is 17.1 Å². The van der Waals surface area contributed by atoms with E-state index in [4.69, 9.17) is 10.5 Å². The van der Waals surface area contributed by atoms with Crippen LogP contribution in [0.3, 0.4) is 0 Å². The summed E-state index contributed by atoms with van der Waals surface area (Å²) in [5.41, 5.74) is 7.18. The normalized spacial score (nSPS) is 32.7. The second-order valence-electron chi connectivity index (χ2n) is 5.17. The highest BCUT2D eigenvalue weighted by Gasteiger charge is 2.54. The number of hydrogen-bond acceptors (Lipinski definition) is 4. The Hall–Kier alpha value is -1.16. The Morgan fingerprint density at radius 2 is 1.88 bits per heavy atom. The molecule has 0 bridgehead atoms. The molecule has 1 aromatic rings. The largest absolute Gasteiger partial charge is 0.480 e. The van der Waals surface area contributed by atoms with Crippen molar-refractivity contribution < 1.29 is 4.74 Å². The minimum Gasteiger partial charge on any atom is -0.480 e. The van der Waals surface area contributed by atoms with Crippen molar-refractivity contribution in [1.29, 1.82) is 0 Å². The van der Waals surface area contributed by atoms with Gasteiger partial charge in [-0.15, -0.1) is 0 Å². The molecule has 2 fully saturated rings. The molecule has 4 nitrogen and oxygen atoms in total. The van der Waals surface area contributed by atoms with E-state index in [9.17, 15) is 0 Å². The highest BCUT2D eigenvalue weighted by molar-refractivity contribution is 5.24. The first-order valence-corrected chi connectivity index (χ1v) is 6.43. The molecule has 2 saturated carbocycles. The van der Waals surface area contributed by atoms with Gasteiger partial charge in [0, 0.05) is 12.4 Å². The van der Waals surface area contributed by atoms with Gasteiger partial charge in [-0.05, 0) is 30.6 Å². The molecule has 2 aliphatic carbocycles. The molecule has 0 radical (unpaired) electrons. The highest BCUT2D eigenvalue weighted by atomic mass is 16.5. The number of rotatable bonds is 3. The number of aromatic nitrogens is 2. The molecule has 4 heteroatoms. The molecule has 1 aromatic heterocycles. The first-order valence-electron chi connectivity index (χ1n) is 6.43. The van der Waals surface area contributed by atoms with Crippen LogP contribution in [0.2, 0.25) is 0 Å². The van der Waals surface area contributed by atoms with Crippen molar-refractivity contribution in [2.24, 2.45) is 23.5 Å². The number of nitrogens with two attached hydrogens (primary N) is 1. The van der Waals surface area contributed by atoms with Crippen molar-refractivity contribution in [2.45, 2.75) is 31.7 Å². The average molecular weight is 233 g/mol. The Morgan fingerprint density at radius 1 is 1.24 bits per heavy atom. The first kappa shape index (κ1) is 11.0. The van der Waals surface area contributed by atoms with Crippen molar-refractivity contribution in [3.8, 4) is 5.88 Å². The quantitative estimate of drug-likeness (QED) is 0.866. The predicted molar refractivity (Wildman–Crippen MR) is 64.5 cm³/mol. The smallest absolute Gasteiger partial charge is 0.236 e. The monoisotopic (exact) mass is 233 g/mol. The van der Waals surface area contributed by atoms with E-state index in [-0.39, 0.29) is 6.04 Å². The van der Waals surface area contributed by atoms with Gasteiger partial charge >= 0.3 is 0 Å². The molecular weight excluding hydrogens is 214 g/mol. The maximum atomic E-state index is 6.35. The summed E-state index contributed by atoms with van der Waals surface area (Å²) < 4.78 is 5.24. The molecule has 2 aliphatic rings. The summed E-state index contributed by atoms with van der Waals surface area (Å²) >= 11 is 0. The van der Waals surface area contributed by atoms with Crippen LogP contribution in [0.5, 0.6) is 5.88 Å². The Morgan fingerprint density at radius 3 is 2.53 bits per heavy atom. The van der Waals surface area contributed by atoms with Crippen molar-refractivity contribution in [2.75, 3.05) is 7.11 Å². The van der Waals surface area contributed by atoms with Crippen LogP contribution < -0.4 is 10.5 Å². The summed E-state index contributed by atoms with van der Waals surface area (Å²) in [5.74, 6) is 2.84. The van der Waals surface area contributed by atoms with Gasteiger partial charge in [-0.25, -0.2) is 4.98 Å². The number of methoxy groups -OCH3 is 1. The van der Waals surface area contributed by atoms with E-state index in [0.29, 0.717) is 11.8 Å². The van der Waals surface area contributed by atoms with E-state index < -0.39 is 0 Å². The van der Waals surface area contributed by atoms with Crippen molar-refractivity contribution in [3.05, 3.63) is 18.1 Å². The Kier molecular flexibility index (Phi) is 2.74. The third-order valence-electron chi connectivity index (χ3n) is 4.34. The zero-order valence-corrected chi connectivity index (χ0v) is 10.2. The fourth-order valence-electron chi connectivity index (χ4n) is 3.48. The molecule has 2 N–H and O–H groups in total. The maximum absolute atomic E-state index is 6.35. The van der Waals surface area contributed by atoms with Gasteiger partial charge in [0.1, 0.15) is 5.69 Å². The lowest BCUT2D eigenvalue weighted by Gasteiger charge is -2.13. The molecule has 0 amide bonds. The standard InChI is InChI=1S/C13H19N3O/c1-17-13-12(15-6-7-16-13)11(14)10-8-4-2-3-5-9(8)10/h6-11H,2-5,14H2,1H3. The molecule has 0 aromatic carbocycles. The second-order valence-corrected chi connectivity index (χ2v) is 5.17. The number of nitrogens with zero attached hydrogens (tertiary/aromatic N) is 2. The van der Waals surface area contributed by atoms with Gasteiger partial charge in [0.2, 0.25) is 5.88 Å². The summed E-state index contributed by atoms with van der Waals surface area (Å²) in [6.45, 7) is 0. The summed E-state index contributed by atoms with van der Waals surface area (Å²) in [7, 11) is 1.63. The van der Waals surface area contributed by atoms with E-state index in [0.717, 1.165) is 17.5 Å². The van der Waals surface area contributed by atoms with Crippen molar-refractivity contribution in [1.82, 2.24) is 9.97 Å². The van der Waals surface area contributed by atoms with E-state index in [1.807, 2.05) is 0 Å². The van der Waals surface area contributed by atoms with Gasteiger partial charge in [-0.2, -0.15) is 0 Å². The fourth-order valence-corrected chi connectivity index (χ4v) is 3.48. The predicted octanol–water partition coefficient (Wildman–Crippen LogP) is 1.92. The molecule has 3 rings (SSSR count). The molecule has 92 valence electrons. The fraction of sp³-hybridized carbons (Fsp3) is 0.692. The zero-order chi connectivity index (χ0) is 11.8. The van der Waals surface area contributed by atoms with E-state index in [2.05, 4.69) is 9.97 Å². The maximum Gasteiger partial charge on any atom is 0.236 e. The van der Waals surface area contributed by atoms with Gasteiger partial charge in [0.05, 0.1) is 13.2 Å². The Bertz CT molecular complexity index is 397. The van der Waals surface area contributed by atoms with Crippen LogP contribution in [0.25, 0.3) is 0 Å². The van der Waals surface area contributed by atoms with E-state index in [1.54, 1.807) is 19.5 Å². The molecule has 0 saturated heterocycles. The third-order valence-corrected chi connectivity index (χ3v) is 4.34. The summed E-state index contributed by atoms with van der Waals surface area (Å²) in [4.78, 5) is 8.54. The summed E-state index contributed by atoms with van der Waals surface area (Å²) in [5, 5.41) is 0. The lowest BCUT2D eigenvalue weighted by molar-refractivity contribution is 0.378. The molecule has 1 heterocycles. The van der Waals surface area contributed by atoms with Crippen LogP contribution in [0.1, 0.15) is 37.4 Å². The first-order chi connectivity index (χ1) is 8.33. The highest BCUT2D eigenvalue weighted by Crippen LogP contribution is 2.59. The van der Waals surface area contributed by atoms with Gasteiger partial charge in [0.25, 0.3) is 0 Å². The second kappa shape index (κ2) is 4.26. The Balaban J connectivity index is 1.80. The van der Waals surface area contributed by atoms with Crippen molar-refractivity contribution in [3.63, 3.8) is 0 Å². The Labute approximate surface area is 102 Å². The molecule has 3 unspecified atom stereocenters. The molecule has 3 atom stereocenters. The van der Waals surface area contributed by atoms with Crippen LogP contribution in [0.4, 0.5) is 0 Å². The molecule has 0 aliphatic heterocycles. The van der Waals surface area contributed by atoms with Crippen LogP contribution in [0.15, 0.2) is 12.4 Å². The third kappa shape index (κ3) is 1.80. The summed E-state index contributed by atoms with van der Waals surface area (Å²) in [6, 6.07) is -0.00764. The van der Waals surface area contributed by atoms with Crippen LogP contribution in [-0.2, 0) is 0 Å². The van der Waals surface area contributed by atoms with Gasteiger partial charge in [-0.1, -0.05) is 12.8 Å². The molecule has 0 spiro atoms. The van der Waals surface area contributed by atoms with E-state index >= 15 is 0 Å². The van der Waals surface area contributed by atoms with Crippen LogP contribution in [0, 0.1) is 17.8 Å². The van der Waals surface area contributed by atoms with Gasteiger partial charge in [0.15, 0.2) is 0 Å². The van der Waals surface area contributed by atoms with Crippen LogP contribution >= 0.6 is 0 Å². The lowest BCUT2D eigenvalue weighted by atomic mass is 10.0. The number of hydrogen-bond donors (Lipinski definition) is 1. The SMILES string of the molecule is COc1nccnc1C(N)C1C2CCCCC21. The van der Waals surface area contributed by atoms with Gasteiger partial charge in [-0.3, -0.25) is 4.98 Å². The van der Waals surface area contributed by atoms with Crippen molar-refractivity contribution >= 4 is 0 Å². The number of fused-ring (bicyclic) bond motifs is 1. The minimum absolute atomic E-state index is 0.00764. The number of ether oxygens (including phenoxy) is 1. The lowest BCUT2D eigenvalue weighted by Crippen LogP contribution is -2.17.